The minimum atomic E-state index is -0.200. The average Bonchev–Trinajstić information content (AvgIpc) is 3.01. The van der Waals surface area contributed by atoms with Gasteiger partial charge in [0, 0.05) is 28.9 Å². The van der Waals surface area contributed by atoms with Gasteiger partial charge in [-0.05, 0) is 31.2 Å². The fourth-order valence-corrected chi connectivity index (χ4v) is 4.48. The van der Waals surface area contributed by atoms with E-state index in [1.807, 2.05) is 24.3 Å². The van der Waals surface area contributed by atoms with Crippen LogP contribution in [-0.4, -0.2) is 26.3 Å². The van der Waals surface area contributed by atoms with Crippen LogP contribution in [0, 0.1) is 5.92 Å². The molecule has 0 bridgehead atoms. The van der Waals surface area contributed by atoms with Crippen molar-refractivity contribution in [2.45, 2.75) is 65.1 Å². The molecule has 1 amide bonds. The van der Waals surface area contributed by atoms with Crippen LogP contribution < -0.4 is 10.9 Å². The molecular formula is C22H28N4O2. The van der Waals surface area contributed by atoms with Gasteiger partial charge in [0.15, 0.2) is 0 Å². The first-order valence-electron chi connectivity index (χ1n) is 10.4. The number of fused-ring (bicyclic) bond motifs is 3. The fraction of sp³-hybridized carbons (Fsp3) is 0.500. The SMILES string of the molecule is CCCn1c2ccccc2c2cnn(CC(=O)N[C@@H]3CCCC[C@@H]3C)c(=O)c21. The number of nitrogens with zero attached hydrogens (tertiary/aromatic N) is 3. The zero-order chi connectivity index (χ0) is 19.7. The smallest absolute Gasteiger partial charge is 0.291 e. The van der Waals surface area contributed by atoms with Gasteiger partial charge in [-0.15, -0.1) is 0 Å². The number of benzene rings is 1. The number of nitrogens with one attached hydrogen (secondary N) is 1. The topological polar surface area (TPSA) is 68.9 Å². The minimum absolute atomic E-state index is 0.0361. The summed E-state index contributed by atoms with van der Waals surface area (Å²) in [6.07, 6.45) is 7.19. The molecule has 1 aliphatic rings. The molecule has 28 heavy (non-hydrogen) atoms. The van der Waals surface area contributed by atoms with E-state index < -0.39 is 0 Å². The van der Waals surface area contributed by atoms with Gasteiger partial charge in [-0.3, -0.25) is 9.59 Å². The summed E-state index contributed by atoms with van der Waals surface area (Å²) in [6.45, 7) is 5.00. The highest BCUT2D eigenvalue weighted by Gasteiger charge is 2.23. The molecular weight excluding hydrogens is 352 g/mol. The molecule has 1 N–H and O–H groups in total. The zero-order valence-electron chi connectivity index (χ0n) is 16.6. The predicted molar refractivity (Wildman–Crippen MR) is 111 cm³/mol. The molecule has 4 rings (SSSR count). The first-order chi connectivity index (χ1) is 13.6. The monoisotopic (exact) mass is 380 g/mol. The van der Waals surface area contributed by atoms with Gasteiger partial charge < -0.3 is 9.88 Å². The number of aromatic nitrogens is 3. The van der Waals surface area contributed by atoms with Crippen molar-refractivity contribution in [3.05, 3.63) is 40.8 Å². The Morgan fingerprint density at radius 3 is 2.79 bits per heavy atom. The molecule has 148 valence electrons. The third kappa shape index (κ3) is 3.32. The molecule has 2 heterocycles. The molecule has 1 aromatic carbocycles. The van der Waals surface area contributed by atoms with Gasteiger partial charge in [0.1, 0.15) is 12.1 Å². The molecule has 0 spiro atoms. The van der Waals surface area contributed by atoms with Crippen LogP contribution in [0.15, 0.2) is 35.3 Å². The maximum absolute atomic E-state index is 13.2. The van der Waals surface area contributed by atoms with Gasteiger partial charge in [-0.25, -0.2) is 4.68 Å². The summed E-state index contributed by atoms with van der Waals surface area (Å²) in [4.78, 5) is 25.8. The van der Waals surface area contributed by atoms with Crippen LogP contribution in [0.4, 0.5) is 0 Å². The van der Waals surface area contributed by atoms with Crippen LogP contribution in [0.2, 0.25) is 0 Å². The van der Waals surface area contributed by atoms with Crippen LogP contribution in [0.3, 0.4) is 0 Å². The second-order valence-corrected chi connectivity index (χ2v) is 7.97. The van der Waals surface area contributed by atoms with Crippen molar-refractivity contribution in [2.75, 3.05) is 0 Å². The van der Waals surface area contributed by atoms with E-state index in [0.717, 1.165) is 48.5 Å². The van der Waals surface area contributed by atoms with E-state index in [4.69, 9.17) is 0 Å². The quantitative estimate of drug-likeness (QED) is 0.737. The van der Waals surface area contributed by atoms with Gasteiger partial charge in [0.2, 0.25) is 5.91 Å². The minimum Gasteiger partial charge on any atom is -0.351 e. The molecule has 3 aromatic rings. The fourth-order valence-electron chi connectivity index (χ4n) is 4.48. The van der Waals surface area contributed by atoms with Crippen molar-refractivity contribution in [3.8, 4) is 0 Å². The first kappa shape index (κ1) is 18.7. The lowest BCUT2D eigenvalue weighted by atomic mass is 9.86. The van der Waals surface area contributed by atoms with Gasteiger partial charge >= 0.3 is 0 Å². The standard InChI is InChI=1S/C22H28N4O2/c1-3-12-25-19-11-7-5-9-16(19)17-13-23-26(22(28)21(17)25)14-20(27)24-18-10-6-4-8-15(18)2/h5,7,9,11,13,15,18H,3-4,6,8,10,12,14H2,1-2H3,(H,24,27)/t15-,18+/m0/s1. The Bertz CT molecular complexity index is 1070. The molecule has 1 aliphatic carbocycles. The maximum Gasteiger partial charge on any atom is 0.291 e. The van der Waals surface area contributed by atoms with Crippen LogP contribution >= 0.6 is 0 Å². The number of carbonyl (C=O) groups excluding carboxylic acids is 1. The number of aryl methyl sites for hydroxylation is 1. The number of para-hydroxylation sites is 1. The van der Waals surface area contributed by atoms with Gasteiger partial charge in [-0.1, -0.05) is 44.9 Å². The Kier molecular flexibility index (Phi) is 5.20. The third-order valence-electron chi connectivity index (χ3n) is 5.97. The van der Waals surface area contributed by atoms with Crippen molar-refractivity contribution in [3.63, 3.8) is 0 Å². The molecule has 1 fully saturated rings. The van der Waals surface area contributed by atoms with Crippen LogP contribution in [0.5, 0.6) is 0 Å². The van der Waals surface area contributed by atoms with Crippen LogP contribution in [0.25, 0.3) is 21.8 Å². The average molecular weight is 380 g/mol. The summed E-state index contributed by atoms with van der Waals surface area (Å²) in [5.74, 6) is 0.350. The lowest BCUT2D eigenvalue weighted by molar-refractivity contribution is -0.123. The summed E-state index contributed by atoms with van der Waals surface area (Å²) in [7, 11) is 0. The molecule has 1 saturated carbocycles. The van der Waals surface area contributed by atoms with E-state index in [2.05, 4.69) is 28.8 Å². The van der Waals surface area contributed by atoms with Crippen molar-refractivity contribution < 1.29 is 4.79 Å². The molecule has 0 saturated heterocycles. The van der Waals surface area contributed by atoms with Crippen molar-refractivity contribution in [2.24, 2.45) is 5.92 Å². The predicted octanol–water partition coefficient (Wildman–Crippen LogP) is 3.46. The summed E-state index contributed by atoms with van der Waals surface area (Å²) >= 11 is 0. The molecule has 0 radical (unpaired) electrons. The van der Waals surface area contributed by atoms with Crippen LogP contribution in [-0.2, 0) is 17.9 Å². The zero-order valence-corrected chi connectivity index (χ0v) is 16.6. The molecule has 0 unspecified atom stereocenters. The second kappa shape index (κ2) is 7.78. The van der Waals surface area contributed by atoms with Crippen molar-refractivity contribution >= 4 is 27.7 Å². The highest BCUT2D eigenvalue weighted by atomic mass is 16.2. The van der Waals surface area contributed by atoms with Gasteiger partial charge in [0.05, 0.1) is 6.20 Å². The van der Waals surface area contributed by atoms with E-state index >= 15 is 0 Å². The summed E-state index contributed by atoms with van der Waals surface area (Å²) in [5, 5.41) is 9.31. The van der Waals surface area contributed by atoms with Gasteiger partial charge in [0.25, 0.3) is 5.56 Å². The Morgan fingerprint density at radius 2 is 2.00 bits per heavy atom. The first-order valence-corrected chi connectivity index (χ1v) is 10.4. The van der Waals surface area contributed by atoms with Crippen LogP contribution in [0.1, 0.15) is 46.0 Å². The normalized spacial score (nSPS) is 19.9. The maximum atomic E-state index is 13.2. The molecule has 2 atom stereocenters. The van der Waals surface area contributed by atoms with Crippen molar-refractivity contribution in [1.29, 1.82) is 0 Å². The Hall–Kier alpha value is -2.63. The Morgan fingerprint density at radius 1 is 1.21 bits per heavy atom. The van der Waals surface area contributed by atoms with E-state index in [1.165, 1.54) is 11.1 Å². The third-order valence-corrected chi connectivity index (χ3v) is 5.97. The second-order valence-electron chi connectivity index (χ2n) is 7.97. The highest BCUT2D eigenvalue weighted by Crippen LogP contribution is 2.26. The Labute approximate surface area is 164 Å². The molecule has 0 aliphatic heterocycles. The van der Waals surface area contributed by atoms with E-state index in [1.54, 1.807) is 6.20 Å². The number of hydrogen-bond donors (Lipinski definition) is 1. The van der Waals surface area contributed by atoms with E-state index in [9.17, 15) is 9.59 Å². The van der Waals surface area contributed by atoms with Crippen molar-refractivity contribution in [1.82, 2.24) is 19.7 Å². The highest BCUT2D eigenvalue weighted by molar-refractivity contribution is 6.07. The molecule has 6 heteroatoms. The Balaban J connectivity index is 1.67. The molecule has 2 aromatic heterocycles. The number of rotatable bonds is 5. The van der Waals surface area contributed by atoms with Gasteiger partial charge in [-0.2, -0.15) is 5.10 Å². The number of amides is 1. The largest absolute Gasteiger partial charge is 0.351 e. The lowest BCUT2D eigenvalue weighted by Gasteiger charge is -2.29. The summed E-state index contributed by atoms with van der Waals surface area (Å²) in [6, 6.07) is 8.21. The summed E-state index contributed by atoms with van der Waals surface area (Å²) < 4.78 is 3.36. The number of hydrogen-bond acceptors (Lipinski definition) is 3. The molecule has 6 nitrogen and oxygen atoms in total. The number of carbonyl (C=O) groups is 1. The lowest BCUT2D eigenvalue weighted by Crippen LogP contribution is -2.43. The summed E-state index contributed by atoms with van der Waals surface area (Å²) in [5.41, 5.74) is 1.47. The van der Waals surface area contributed by atoms with E-state index in [-0.39, 0.29) is 24.1 Å². The van der Waals surface area contributed by atoms with E-state index in [0.29, 0.717) is 11.4 Å².